The first kappa shape index (κ1) is 13.8. The minimum atomic E-state index is 0.0496. The molecule has 18 heavy (non-hydrogen) atoms. The van der Waals surface area contributed by atoms with Crippen LogP contribution in [0, 0.1) is 3.57 Å². The third kappa shape index (κ3) is 3.66. The number of nitrogens with zero attached hydrogens (tertiary/aromatic N) is 1. The molecule has 1 aliphatic heterocycles. The molecule has 1 aromatic carbocycles. The van der Waals surface area contributed by atoms with Crippen LogP contribution in [0.25, 0.3) is 0 Å². The molecule has 0 saturated carbocycles. The van der Waals surface area contributed by atoms with Crippen LogP contribution < -0.4 is 10.6 Å². The number of likely N-dealkylation sites (N-methyl/N-ethyl adjacent to an activating group) is 1. The van der Waals surface area contributed by atoms with Crippen molar-refractivity contribution >= 4 is 34.2 Å². The number of hydrogen-bond donors (Lipinski definition) is 2. The molecule has 0 aromatic heterocycles. The lowest BCUT2D eigenvalue weighted by Crippen LogP contribution is -2.39. The maximum Gasteiger partial charge on any atom is 0.238 e. The second-order valence-electron chi connectivity index (χ2n) is 4.59. The molecule has 1 aliphatic rings. The molecule has 1 amide bonds. The fraction of sp³-hybridized carbons (Fsp3) is 0.462. The van der Waals surface area contributed by atoms with E-state index in [-0.39, 0.29) is 5.91 Å². The zero-order valence-corrected chi connectivity index (χ0v) is 12.6. The SMILES string of the molecule is CN(CC(=O)Nc1ccccc1I)C1CCNC1. The van der Waals surface area contributed by atoms with E-state index in [1.165, 1.54) is 0 Å². The summed E-state index contributed by atoms with van der Waals surface area (Å²) in [4.78, 5) is 14.1. The number of hydrogen-bond acceptors (Lipinski definition) is 3. The number of carbonyl (C=O) groups is 1. The van der Waals surface area contributed by atoms with E-state index in [0.717, 1.165) is 28.8 Å². The van der Waals surface area contributed by atoms with E-state index >= 15 is 0 Å². The number of nitrogens with one attached hydrogen (secondary N) is 2. The van der Waals surface area contributed by atoms with E-state index < -0.39 is 0 Å². The Morgan fingerprint density at radius 1 is 1.56 bits per heavy atom. The first-order valence-electron chi connectivity index (χ1n) is 6.12. The quantitative estimate of drug-likeness (QED) is 0.802. The van der Waals surface area contributed by atoms with Gasteiger partial charge in [-0.3, -0.25) is 9.69 Å². The summed E-state index contributed by atoms with van der Waals surface area (Å²) < 4.78 is 1.06. The van der Waals surface area contributed by atoms with Crippen molar-refractivity contribution < 1.29 is 4.79 Å². The van der Waals surface area contributed by atoms with Crippen molar-refractivity contribution in [3.8, 4) is 0 Å². The molecule has 0 spiro atoms. The van der Waals surface area contributed by atoms with Crippen LogP contribution in [0.1, 0.15) is 6.42 Å². The lowest BCUT2D eigenvalue weighted by atomic mass is 10.2. The summed E-state index contributed by atoms with van der Waals surface area (Å²) in [6, 6.07) is 8.29. The topological polar surface area (TPSA) is 44.4 Å². The van der Waals surface area contributed by atoms with E-state index in [2.05, 4.69) is 38.1 Å². The van der Waals surface area contributed by atoms with Crippen LogP contribution in [0.3, 0.4) is 0 Å². The summed E-state index contributed by atoms with van der Waals surface area (Å²) in [6.45, 7) is 2.47. The second-order valence-corrected chi connectivity index (χ2v) is 5.75. The first-order valence-corrected chi connectivity index (χ1v) is 7.20. The van der Waals surface area contributed by atoms with Crippen molar-refractivity contribution in [2.75, 3.05) is 32.0 Å². The highest BCUT2D eigenvalue weighted by molar-refractivity contribution is 14.1. The normalized spacial score (nSPS) is 19.2. The van der Waals surface area contributed by atoms with Gasteiger partial charge in [-0.15, -0.1) is 0 Å². The van der Waals surface area contributed by atoms with Gasteiger partial charge in [0.1, 0.15) is 0 Å². The van der Waals surface area contributed by atoms with Crippen LogP contribution in [-0.2, 0) is 4.79 Å². The van der Waals surface area contributed by atoms with E-state index in [9.17, 15) is 4.79 Å². The molecule has 98 valence electrons. The van der Waals surface area contributed by atoms with E-state index in [0.29, 0.717) is 12.6 Å². The van der Waals surface area contributed by atoms with Crippen LogP contribution in [0.2, 0.25) is 0 Å². The van der Waals surface area contributed by atoms with Crippen molar-refractivity contribution in [1.29, 1.82) is 0 Å². The lowest BCUT2D eigenvalue weighted by Gasteiger charge is -2.22. The Labute approximate surface area is 121 Å². The average molecular weight is 359 g/mol. The van der Waals surface area contributed by atoms with Gasteiger partial charge in [0.05, 0.1) is 12.2 Å². The van der Waals surface area contributed by atoms with Crippen molar-refractivity contribution in [3.63, 3.8) is 0 Å². The molecule has 2 N–H and O–H groups in total. The van der Waals surface area contributed by atoms with Gasteiger partial charge in [-0.25, -0.2) is 0 Å². The Morgan fingerprint density at radius 2 is 2.33 bits per heavy atom. The average Bonchev–Trinajstić information content (AvgIpc) is 2.85. The molecule has 1 atom stereocenters. The number of rotatable bonds is 4. The third-order valence-electron chi connectivity index (χ3n) is 3.20. The summed E-state index contributed by atoms with van der Waals surface area (Å²) >= 11 is 2.23. The van der Waals surface area contributed by atoms with E-state index in [1.54, 1.807) is 0 Å². The van der Waals surface area contributed by atoms with Crippen LogP contribution in [0.5, 0.6) is 0 Å². The monoisotopic (exact) mass is 359 g/mol. The smallest absolute Gasteiger partial charge is 0.238 e. The molecule has 0 aliphatic carbocycles. The molecule has 4 nitrogen and oxygen atoms in total. The van der Waals surface area contributed by atoms with Crippen LogP contribution in [0.15, 0.2) is 24.3 Å². The lowest BCUT2D eigenvalue weighted by molar-refractivity contribution is -0.117. The fourth-order valence-electron chi connectivity index (χ4n) is 2.12. The highest BCUT2D eigenvalue weighted by Crippen LogP contribution is 2.17. The van der Waals surface area contributed by atoms with Gasteiger partial charge in [0.15, 0.2) is 0 Å². The molecule has 5 heteroatoms. The zero-order valence-electron chi connectivity index (χ0n) is 10.4. The zero-order chi connectivity index (χ0) is 13.0. The van der Waals surface area contributed by atoms with Gasteiger partial charge in [0.25, 0.3) is 0 Å². The van der Waals surface area contributed by atoms with Crippen molar-refractivity contribution in [3.05, 3.63) is 27.8 Å². The molecule has 2 rings (SSSR count). The number of anilines is 1. The Kier molecular flexibility index (Phi) is 4.96. The highest BCUT2D eigenvalue weighted by Gasteiger charge is 2.20. The van der Waals surface area contributed by atoms with Gasteiger partial charge in [0, 0.05) is 16.2 Å². The predicted molar refractivity (Wildman–Crippen MR) is 81.7 cm³/mol. The fourth-order valence-corrected chi connectivity index (χ4v) is 2.65. The molecular formula is C13H18IN3O. The summed E-state index contributed by atoms with van der Waals surface area (Å²) in [5, 5.41) is 6.27. The van der Waals surface area contributed by atoms with Crippen LogP contribution in [0.4, 0.5) is 5.69 Å². The minimum absolute atomic E-state index is 0.0496. The molecule has 0 radical (unpaired) electrons. The molecule has 1 saturated heterocycles. The molecule has 1 fully saturated rings. The number of benzene rings is 1. The summed E-state index contributed by atoms with van der Waals surface area (Å²) in [5.74, 6) is 0.0496. The van der Waals surface area contributed by atoms with Gasteiger partial charge in [0.2, 0.25) is 5.91 Å². The number of para-hydroxylation sites is 1. The maximum absolute atomic E-state index is 12.0. The van der Waals surface area contributed by atoms with Crippen LogP contribution in [-0.4, -0.2) is 43.5 Å². The van der Waals surface area contributed by atoms with E-state index in [4.69, 9.17) is 0 Å². The number of halogens is 1. The molecular weight excluding hydrogens is 341 g/mol. The highest BCUT2D eigenvalue weighted by atomic mass is 127. The third-order valence-corrected chi connectivity index (χ3v) is 4.14. The minimum Gasteiger partial charge on any atom is -0.324 e. The molecule has 1 aromatic rings. The number of amides is 1. The van der Waals surface area contributed by atoms with Gasteiger partial charge >= 0.3 is 0 Å². The second kappa shape index (κ2) is 6.49. The largest absolute Gasteiger partial charge is 0.324 e. The Balaban J connectivity index is 1.86. The van der Waals surface area contributed by atoms with Gasteiger partial charge in [-0.1, -0.05) is 12.1 Å². The van der Waals surface area contributed by atoms with E-state index in [1.807, 2.05) is 31.3 Å². The Bertz CT molecular complexity index is 418. The van der Waals surface area contributed by atoms with Crippen LogP contribution >= 0.6 is 22.6 Å². The maximum atomic E-state index is 12.0. The van der Waals surface area contributed by atoms with Crippen molar-refractivity contribution in [2.45, 2.75) is 12.5 Å². The molecule has 1 heterocycles. The summed E-state index contributed by atoms with van der Waals surface area (Å²) in [6.07, 6.45) is 1.12. The summed E-state index contributed by atoms with van der Waals surface area (Å²) in [5.41, 5.74) is 0.890. The van der Waals surface area contributed by atoms with Crippen molar-refractivity contribution in [2.24, 2.45) is 0 Å². The van der Waals surface area contributed by atoms with Crippen molar-refractivity contribution in [1.82, 2.24) is 10.2 Å². The Morgan fingerprint density at radius 3 is 3.00 bits per heavy atom. The number of carbonyl (C=O) groups excluding carboxylic acids is 1. The molecule has 0 bridgehead atoms. The first-order chi connectivity index (χ1) is 8.66. The summed E-state index contributed by atoms with van der Waals surface area (Å²) in [7, 11) is 2.01. The Hall–Kier alpha value is -0.660. The standard InChI is InChI=1S/C13H18IN3O/c1-17(10-6-7-15-8-10)9-13(18)16-12-5-3-2-4-11(12)14/h2-5,10,15H,6-9H2,1H3,(H,16,18). The van der Waals surface area contributed by atoms with Gasteiger partial charge in [-0.05, 0) is 54.7 Å². The van der Waals surface area contributed by atoms with Gasteiger partial charge in [-0.2, -0.15) is 0 Å². The predicted octanol–water partition coefficient (Wildman–Crippen LogP) is 1.52. The van der Waals surface area contributed by atoms with Gasteiger partial charge < -0.3 is 10.6 Å². The molecule has 1 unspecified atom stereocenters.